The van der Waals surface area contributed by atoms with Gasteiger partial charge < -0.3 is 9.47 Å². The van der Waals surface area contributed by atoms with Crippen molar-refractivity contribution < 1.29 is 9.47 Å². The highest BCUT2D eigenvalue weighted by Crippen LogP contribution is 2.46. The van der Waals surface area contributed by atoms with Gasteiger partial charge in [-0.25, -0.2) is 0 Å². The molecule has 7 aliphatic carbocycles. The number of hydrogen-bond donors (Lipinski definition) is 0. The summed E-state index contributed by atoms with van der Waals surface area (Å²) in [5.74, 6) is 10.1. The number of rotatable bonds is 19. The van der Waals surface area contributed by atoms with Crippen LogP contribution in [0.2, 0.25) is 0 Å². The minimum atomic E-state index is 0.283. The van der Waals surface area contributed by atoms with Crippen LogP contribution in [0.4, 0.5) is 0 Å². The van der Waals surface area contributed by atoms with E-state index in [0.717, 1.165) is 96.8 Å². The van der Waals surface area contributed by atoms with Gasteiger partial charge in [0.25, 0.3) is 0 Å². The minimum Gasteiger partial charge on any atom is -0.381 e. The predicted octanol–water partition coefficient (Wildman–Crippen LogP) is 17.4. The maximum atomic E-state index is 6.98. The van der Waals surface area contributed by atoms with Crippen LogP contribution in [0.25, 0.3) is 0 Å². The van der Waals surface area contributed by atoms with Crippen molar-refractivity contribution in [2.45, 2.75) is 265 Å². The molecule has 11 unspecified atom stereocenters. The van der Waals surface area contributed by atoms with Crippen molar-refractivity contribution in [3.05, 3.63) is 36.5 Å². The Morgan fingerprint density at radius 3 is 1.48 bits per heavy atom. The van der Waals surface area contributed by atoms with Gasteiger partial charge in [0.2, 0.25) is 0 Å². The molecule has 3 nitrogen and oxygen atoms in total. The van der Waals surface area contributed by atoms with Crippen molar-refractivity contribution in [2.75, 3.05) is 13.7 Å². The molecule has 0 spiro atoms. The van der Waals surface area contributed by atoms with Crippen molar-refractivity contribution in [1.82, 2.24) is 4.90 Å². The first kappa shape index (κ1) is 51.9. The molecule has 0 radical (unpaired) electrons. The summed E-state index contributed by atoms with van der Waals surface area (Å²) in [6.07, 6.45) is 58.5. The molecule has 0 amide bonds. The molecule has 7 rings (SSSR count). The fraction of sp³-hybridized carbons (Fsp3) is 0.903. The highest BCUT2D eigenvalue weighted by molar-refractivity contribution is 5.08. The summed E-state index contributed by atoms with van der Waals surface area (Å²) in [5.41, 5.74) is 0. The monoisotopic (exact) mass is 898 g/mol. The van der Waals surface area contributed by atoms with Gasteiger partial charge in [-0.1, -0.05) is 149 Å². The van der Waals surface area contributed by atoms with E-state index in [1.165, 1.54) is 180 Å². The molecule has 0 heterocycles. The van der Waals surface area contributed by atoms with Crippen LogP contribution in [0.3, 0.4) is 0 Å². The first-order chi connectivity index (χ1) is 31.6. The van der Waals surface area contributed by atoms with Crippen LogP contribution in [0.1, 0.15) is 234 Å². The van der Waals surface area contributed by atoms with Crippen LogP contribution >= 0.6 is 0 Å². The van der Waals surface area contributed by atoms with Gasteiger partial charge in [-0.2, -0.15) is 0 Å². The molecule has 0 bridgehead atoms. The number of allylic oxidation sites excluding steroid dienone is 4. The summed E-state index contributed by atoms with van der Waals surface area (Å²) in [6, 6.07) is 2.37. The van der Waals surface area contributed by atoms with E-state index >= 15 is 0 Å². The van der Waals surface area contributed by atoms with E-state index in [0.29, 0.717) is 23.9 Å². The van der Waals surface area contributed by atoms with Gasteiger partial charge in [-0.15, -0.1) is 0 Å². The second kappa shape index (κ2) is 26.9. The summed E-state index contributed by atoms with van der Waals surface area (Å²) < 4.78 is 13.4. The van der Waals surface area contributed by atoms with E-state index < -0.39 is 0 Å². The van der Waals surface area contributed by atoms with Crippen LogP contribution in [-0.2, 0) is 9.47 Å². The number of methoxy groups -OCH3 is 1. The van der Waals surface area contributed by atoms with Crippen molar-refractivity contribution in [2.24, 2.45) is 76.9 Å². The molecule has 0 N–H and O–H groups in total. The first-order valence-corrected chi connectivity index (χ1v) is 29.6. The average Bonchev–Trinajstić information content (AvgIpc) is 3.31. The molecular weight excluding hydrogens is 791 g/mol. The summed E-state index contributed by atoms with van der Waals surface area (Å²) >= 11 is 0. The topological polar surface area (TPSA) is 21.7 Å². The van der Waals surface area contributed by atoms with Gasteiger partial charge in [0.05, 0.1) is 12.2 Å². The number of ether oxygens (including phenoxy) is 2. The maximum Gasteiger partial charge on any atom is 0.0645 e. The lowest BCUT2D eigenvalue weighted by Gasteiger charge is -2.51. The van der Waals surface area contributed by atoms with E-state index in [-0.39, 0.29) is 6.10 Å². The van der Waals surface area contributed by atoms with Gasteiger partial charge in [-0.3, -0.25) is 4.90 Å². The second-order valence-corrected chi connectivity index (χ2v) is 25.4. The van der Waals surface area contributed by atoms with Crippen LogP contribution in [0.5, 0.6) is 0 Å². The van der Waals surface area contributed by atoms with Crippen LogP contribution in [0.15, 0.2) is 36.5 Å². The first-order valence-electron chi connectivity index (χ1n) is 29.6. The molecule has 65 heavy (non-hydrogen) atoms. The predicted molar refractivity (Wildman–Crippen MR) is 279 cm³/mol. The van der Waals surface area contributed by atoms with Crippen molar-refractivity contribution in [3.63, 3.8) is 0 Å². The summed E-state index contributed by atoms with van der Waals surface area (Å²) in [7, 11) is 1.99. The van der Waals surface area contributed by atoms with E-state index in [4.69, 9.17) is 9.47 Å². The van der Waals surface area contributed by atoms with Crippen LogP contribution in [0, 0.1) is 76.9 Å². The number of hydrogen-bond acceptors (Lipinski definition) is 3. The van der Waals surface area contributed by atoms with Gasteiger partial charge in [0.1, 0.15) is 0 Å². The molecule has 0 saturated heterocycles. The molecule has 7 saturated carbocycles. The SMILES string of the molecule is COC1CC(C=CC2CCCCC2)C(OCCC(C)CCCC(C)C)CC1C=CC1CCC(N(C2CCC(C3CCC(C)CC3)CC2)C2CCC(C=CC3CCCCC3)C(C)C2)CC1C. The Bertz CT molecular complexity index is 1390. The molecule has 0 aromatic heterocycles. The molecule has 0 aromatic carbocycles. The van der Waals surface area contributed by atoms with E-state index in [2.05, 4.69) is 82.9 Å². The van der Waals surface area contributed by atoms with Gasteiger partial charge in [0.15, 0.2) is 0 Å². The quantitative estimate of drug-likeness (QED) is 0.121. The Morgan fingerprint density at radius 1 is 0.462 bits per heavy atom. The van der Waals surface area contributed by atoms with Crippen LogP contribution in [-0.4, -0.2) is 49.0 Å². The third kappa shape index (κ3) is 15.8. The van der Waals surface area contributed by atoms with Gasteiger partial charge in [0, 0.05) is 43.7 Å². The lowest BCUT2D eigenvalue weighted by Crippen LogP contribution is -2.54. The third-order valence-corrected chi connectivity index (χ3v) is 20.0. The lowest BCUT2D eigenvalue weighted by atomic mass is 9.69. The zero-order valence-corrected chi connectivity index (χ0v) is 44.0. The largest absolute Gasteiger partial charge is 0.381 e. The van der Waals surface area contributed by atoms with Crippen molar-refractivity contribution >= 4 is 0 Å². The molecular formula is C62H107NO2. The lowest BCUT2D eigenvalue weighted by molar-refractivity contribution is -0.0615. The van der Waals surface area contributed by atoms with Crippen molar-refractivity contribution in [1.29, 1.82) is 0 Å². The standard InChI is InChI=1S/C62H107NO2/c1-45(2)15-14-16-46(3)39-40-65-62-44-56(61(64-7)43-57(62)28-24-51-19-12-9-13-20-51)30-29-53-32-38-60(42-49(53)6)63(58-35-33-55(34-36-58)54-25-21-47(4)22-26-54)59-37-31-52(48(5)41-59)27-23-50-17-10-8-11-18-50/h23-24,27-30,45-62H,8-22,25-26,31-44H2,1-7H3. The van der Waals surface area contributed by atoms with Gasteiger partial charge in [-0.05, 0) is 187 Å². The molecule has 0 aromatic rings. The summed E-state index contributed by atoms with van der Waals surface area (Å²) in [5, 5.41) is 0. The minimum absolute atomic E-state index is 0.283. The highest BCUT2D eigenvalue weighted by Gasteiger charge is 2.42. The summed E-state index contributed by atoms with van der Waals surface area (Å²) in [6.45, 7) is 15.8. The fourth-order valence-electron chi connectivity index (χ4n) is 15.5. The zero-order chi connectivity index (χ0) is 45.5. The van der Waals surface area contributed by atoms with E-state index in [1.807, 2.05) is 7.11 Å². The zero-order valence-electron chi connectivity index (χ0n) is 44.0. The fourth-order valence-corrected chi connectivity index (χ4v) is 15.5. The van der Waals surface area contributed by atoms with Crippen molar-refractivity contribution in [3.8, 4) is 0 Å². The molecule has 0 aliphatic heterocycles. The average molecular weight is 899 g/mol. The molecule has 11 atom stereocenters. The molecule has 3 heteroatoms. The Kier molecular flexibility index (Phi) is 21.5. The smallest absolute Gasteiger partial charge is 0.0645 e. The normalized spacial score (nSPS) is 39.3. The van der Waals surface area contributed by atoms with E-state index in [9.17, 15) is 0 Å². The highest BCUT2D eigenvalue weighted by atomic mass is 16.5. The summed E-state index contributed by atoms with van der Waals surface area (Å²) in [4.78, 5) is 3.27. The van der Waals surface area contributed by atoms with Crippen LogP contribution < -0.4 is 0 Å². The Morgan fingerprint density at radius 2 is 0.938 bits per heavy atom. The molecule has 7 fully saturated rings. The Labute approximate surface area is 404 Å². The van der Waals surface area contributed by atoms with Gasteiger partial charge >= 0.3 is 0 Å². The molecule has 372 valence electrons. The third-order valence-electron chi connectivity index (χ3n) is 20.0. The second-order valence-electron chi connectivity index (χ2n) is 25.4. The number of nitrogens with zero attached hydrogens (tertiary/aromatic N) is 1. The van der Waals surface area contributed by atoms with E-state index in [1.54, 1.807) is 0 Å². The molecule has 7 aliphatic rings. The Hall–Kier alpha value is -0.900. The maximum absolute atomic E-state index is 6.98. The Balaban J connectivity index is 0.980.